The molecule has 0 aliphatic heterocycles. The Labute approximate surface area is 109 Å². The Hall–Kier alpha value is -1.77. The van der Waals surface area contributed by atoms with Crippen molar-refractivity contribution in [3.05, 3.63) is 42.0 Å². The summed E-state index contributed by atoms with van der Waals surface area (Å²) in [5, 5.41) is 6.21. The van der Waals surface area contributed by atoms with E-state index in [4.69, 9.17) is 0 Å². The van der Waals surface area contributed by atoms with Gasteiger partial charge < -0.3 is 10.6 Å². The van der Waals surface area contributed by atoms with Crippen LogP contribution >= 0.6 is 0 Å². The first kappa shape index (κ1) is 14.3. The van der Waals surface area contributed by atoms with Crippen molar-refractivity contribution in [1.82, 2.24) is 5.32 Å². The smallest absolute Gasteiger partial charge is 0.246 e. The van der Waals surface area contributed by atoms with Crippen molar-refractivity contribution in [3.8, 4) is 0 Å². The number of amides is 1. The Morgan fingerprint density at radius 3 is 2.61 bits per heavy atom. The number of hydrogen-bond donors (Lipinski definition) is 2. The summed E-state index contributed by atoms with van der Waals surface area (Å²) in [5.74, 6) is 0.0385. The quantitative estimate of drug-likeness (QED) is 0.573. The second-order valence-corrected chi connectivity index (χ2v) is 4.20. The lowest BCUT2D eigenvalue weighted by molar-refractivity contribution is -0.117. The number of carbonyl (C=O) groups is 1. The van der Waals surface area contributed by atoms with Crippen LogP contribution in [0.5, 0.6) is 0 Å². The molecule has 0 radical (unpaired) electrons. The minimum atomic E-state index is 0.0385. The molecule has 0 spiro atoms. The monoisotopic (exact) mass is 246 g/mol. The first-order chi connectivity index (χ1) is 8.74. The zero-order valence-electron chi connectivity index (χ0n) is 11.2. The largest absolute Gasteiger partial charge is 0.385 e. The molecule has 1 rings (SSSR count). The van der Waals surface area contributed by atoms with Gasteiger partial charge in [0, 0.05) is 24.4 Å². The summed E-state index contributed by atoms with van der Waals surface area (Å²) in [6, 6.07) is 10.1. The van der Waals surface area contributed by atoms with Gasteiger partial charge in [0.1, 0.15) is 0 Å². The zero-order chi connectivity index (χ0) is 13.2. The molecular weight excluding hydrogens is 224 g/mol. The van der Waals surface area contributed by atoms with Gasteiger partial charge in [0.05, 0.1) is 0 Å². The molecule has 18 heavy (non-hydrogen) atoms. The third kappa shape index (κ3) is 5.53. The molecule has 98 valence electrons. The minimum absolute atomic E-state index is 0.0385. The molecule has 0 saturated heterocycles. The average Bonchev–Trinajstić information content (AvgIpc) is 2.39. The van der Waals surface area contributed by atoms with E-state index in [1.54, 1.807) is 0 Å². The molecule has 0 saturated carbocycles. The minimum Gasteiger partial charge on any atom is -0.385 e. The number of carbonyl (C=O) groups excluding carboxylic acids is 1. The molecule has 0 atom stereocenters. The van der Waals surface area contributed by atoms with Gasteiger partial charge in [-0.15, -0.1) is 0 Å². The van der Waals surface area contributed by atoms with Crippen LogP contribution in [-0.2, 0) is 4.79 Å². The third-order valence-corrected chi connectivity index (χ3v) is 2.61. The van der Waals surface area contributed by atoms with Crippen LogP contribution in [0.15, 0.2) is 42.0 Å². The molecule has 1 aromatic rings. The topological polar surface area (TPSA) is 41.1 Å². The van der Waals surface area contributed by atoms with Crippen LogP contribution in [0, 0.1) is 0 Å². The molecule has 0 aromatic heterocycles. The predicted octanol–water partition coefficient (Wildman–Crippen LogP) is 2.96. The van der Waals surface area contributed by atoms with Crippen molar-refractivity contribution in [1.29, 1.82) is 0 Å². The van der Waals surface area contributed by atoms with Crippen molar-refractivity contribution in [3.63, 3.8) is 0 Å². The molecule has 3 heteroatoms. The van der Waals surface area contributed by atoms with Crippen molar-refractivity contribution in [2.75, 3.05) is 18.4 Å². The fourth-order valence-corrected chi connectivity index (χ4v) is 1.62. The van der Waals surface area contributed by atoms with Crippen molar-refractivity contribution >= 4 is 11.6 Å². The standard InChI is InChI=1S/C15H22N2O/c1-3-8-13(2)15(18)17-12-7-11-16-14-9-5-4-6-10-14/h4-6,8-10,16H,3,7,11-12H2,1-2H3,(H,17,18)/b13-8-. The number of para-hydroxylation sites is 1. The van der Waals surface area contributed by atoms with Crippen LogP contribution < -0.4 is 10.6 Å². The first-order valence-electron chi connectivity index (χ1n) is 6.48. The van der Waals surface area contributed by atoms with Gasteiger partial charge >= 0.3 is 0 Å². The third-order valence-electron chi connectivity index (χ3n) is 2.61. The van der Waals surface area contributed by atoms with E-state index in [0.29, 0.717) is 6.54 Å². The molecule has 0 fully saturated rings. The van der Waals surface area contributed by atoms with Crippen molar-refractivity contribution in [2.45, 2.75) is 26.7 Å². The fourth-order valence-electron chi connectivity index (χ4n) is 1.62. The average molecular weight is 246 g/mol. The van der Waals surface area contributed by atoms with E-state index in [2.05, 4.69) is 10.6 Å². The molecule has 0 aliphatic rings. The highest BCUT2D eigenvalue weighted by atomic mass is 16.1. The highest BCUT2D eigenvalue weighted by Crippen LogP contribution is 2.04. The number of benzene rings is 1. The van der Waals surface area contributed by atoms with E-state index in [-0.39, 0.29) is 5.91 Å². The SMILES string of the molecule is CC/C=C(/C)C(=O)NCCCNc1ccccc1. The van der Waals surface area contributed by atoms with Gasteiger partial charge in [0.15, 0.2) is 0 Å². The molecule has 1 aromatic carbocycles. The van der Waals surface area contributed by atoms with E-state index >= 15 is 0 Å². The van der Waals surface area contributed by atoms with E-state index in [1.165, 1.54) is 0 Å². The van der Waals surface area contributed by atoms with Crippen LogP contribution in [0.4, 0.5) is 5.69 Å². The Bertz CT molecular complexity index is 385. The number of hydrogen-bond acceptors (Lipinski definition) is 2. The maximum absolute atomic E-state index is 11.6. The molecule has 1 amide bonds. The predicted molar refractivity (Wildman–Crippen MR) is 76.6 cm³/mol. The number of rotatable bonds is 7. The molecule has 2 N–H and O–H groups in total. The van der Waals surface area contributed by atoms with Gasteiger partial charge in [-0.25, -0.2) is 0 Å². The van der Waals surface area contributed by atoms with E-state index in [9.17, 15) is 4.79 Å². The summed E-state index contributed by atoms with van der Waals surface area (Å²) in [4.78, 5) is 11.6. The molecule has 0 bridgehead atoms. The molecule has 0 heterocycles. The Morgan fingerprint density at radius 1 is 1.22 bits per heavy atom. The van der Waals surface area contributed by atoms with E-state index in [1.807, 2.05) is 50.3 Å². The zero-order valence-corrected chi connectivity index (χ0v) is 11.2. The van der Waals surface area contributed by atoms with Gasteiger partial charge in [-0.3, -0.25) is 4.79 Å². The van der Waals surface area contributed by atoms with E-state index < -0.39 is 0 Å². The first-order valence-corrected chi connectivity index (χ1v) is 6.48. The Kier molecular flexibility index (Phi) is 6.62. The normalized spacial score (nSPS) is 11.1. The van der Waals surface area contributed by atoms with E-state index in [0.717, 1.165) is 30.6 Å². The van der Waals surface area contributed by atoms with Gasteiger partial charge in [0.25, 0.3) is 0 Å². The molecule has 0 unspecified atom stereocenters. The highest BCUT2D eigenvalue weighted by molar-refractivity contribution is 5.92. The van der Waals surface area contributed by atoms with Gasteiger partial charge in [-0.1, -0.05) is 31.2 Å². The maximum Gasteiger partial charge on any atom is 0.246 e. The number of allylic oxidation sites excluding steroid dienone is 1. The van der Waals surface area contributed by atoms with Crippen LogP contribution in [0.2, 0.25) is 0 Å². The van der Waals surface area contributed by atoms with Crippen molar-refractivity contribution < 1.29 is 4.79 Å². The lowest BCUT2D eigenvalue weighted by atomic mass is 10.2. The number of nitrogens with one attached hydrogen (secondary N) is 2. The van der Waals surface area contributed by atoms with Crippen LogP contribution in [0.25, 0.3) is 0 Å². The second-order valence-electron chi connectivity index (χ2n) is 4.20. The molecule has 0 aliphatic carbocycles. The lowest BCUT2D eigenvalue weighted by Gasteiger charge is -2.07. The van der Waals surface area contributed by atoms with Gasteiger partial charge in [-0.05, 0) is 31.9 Å². The fraction of sp³-hybridized carbons (Fsp3) is 0.400. The van der Waals surface area contributed by atoms with Gasteiger partial charge in [-0.2, -0.15) is 0 Å². The van der Waals surface area contributed by atoms with Crippen LogP contribution in [0.1, 0.15) is 26.7 Å². The molecule has 3 nitrogen and oxygen atoms in total. The maximum atomic E-state index is 11.6. The Balaban J connectivity index is 2.12. The summed E-state index contributed by atoms with van der Waals surface area (Å²) in [6.45, 7) is 5.44. The van der Waals surface area contributed by atoms with Crippen LogP contribution in [0.3, 0.4) is 0 Å². The summed E-state index contributed by atoms with van der Waals surface area (Å²) in [5.41, 5.74) is 1.92. The highest BCUT2D eigenvalue weighted by Gasteiger charge is 2.01. The lowest BCUT2D eigenvalue weighted by Crippen LogP contribution is -2.26. The second kappa shape index (κ2) is 8.34. The summed E-state index contributed by atoms with van der Waals surface area (Å²) in [6.07, 6.45) is 3.76. The van der Waals surface area contributed by atoms with Gasteiger partial charge in [0.2, 0.25) is 5.91 Å². The summed E-state index contributed by atoms with van der Waals surface area (Å²) < 4.78 is 0. The molecular formula is C15H22N2O. The Morgan fingerprint density at radius 2 is 1.94 bits per heavy atom. The van der Waals surface area contributed by atoms with Crippen LogP contribution in [-0.4, -0.2) is 19.0 Å². The van der Waals surface area contributed by atoms with Crippen molar-refractivity contribution in [2.24, 2.45) is 0 Å². The summed E-state index contributed by atoms with van der Waals surface area (Å²) >= 11 is 0. The summed E-state index contributed by atoms with van der Waals surface area (Å²) in [7, 11) is 0. The number of anilines is 1.